The van der Waals surface area contributed by atoms with Crippen LogP contribution in [0.5, 0.6) is 0 Å². The Morgan fingerprint density at radius 1 is 1.17 bits per heavy atom. The molecule has 0 spiro atoms. The van der Waals surface area contributed by atoms with Crippen molar-refractivity contribution in [2.24, 2.45) is 5.92 Å². The molecular formula is C24H35N3O2. The number of furan rings is 1. The predicted octanol–water partition coefficient (Wildman–Crippen LogP) is 4.03. The summed E-state index contributed by atoms with van der Waals surface area (Å²) in [6, 6.07) is 10.9. The highest BCUT2D eigenvalue weighted by molar-refractivity contribution is 5.77. The zero-order valence-corrected chi connectivity index (χ0v) is 17.7. The van der Waals surface area contributed by atoms with Crippen molar-refractivity contribution in [3.05, 3.63) is 36.1 Å². The molecule has 1 N–H and O–H groups in total. The van der Waals surface area contributed by atoms with E-state index in [0.717, 1.165) is 50.5 Å². The van der Waals surface area contributed by atoms with Gasteiger partial charge in [0.2, 0.25) is 5.91 Å². The Hall–Kier alpha value is -1.85. The Morgan fingerprint density at radius 2 is 2.00 bits per heavy atom. The number of fused-ring (bicyclic) bond motifs is 1. The molecule has 1 unspecified atom stereocenters. The molecule has 1 amide bonds. The van der Waals surface area contributed by atoms with Crippen molar-refractivity contribution in [2.45, 2.75) is 58.0 Å². The van der Waals surface area contributed by atoms with E-state index in [1.807, 2.05) is 12.1 Å². The number of nitrogens with zero attached hydrogens (tertiary/aromatic N) is 2. The second kappa shape index (κ2) is 9.77. The molecule has 2 aromatic rings. The number of hydrogen-bond donors (Lipinski definition) is 1. The molecule has 158 valence electrons. The van der Waals surface area contributed by atoms with Crippen LogP contribution < -0.4 is 5.32 Å². The molecule has 2 aliphatic heterocycles. The number of amides is 1. The summed E-state index contributed by atoms with van der Waals surface area (Å²) in [5.74, 6) is 1.96. The Bertz CT molecular complexity index is 761. The summed E-state index contributed by atoms with van der Waals surface area (Å²) in [4.78, 5) is 17.2. The van der Waals surface area contributed by atoms with Crippen LogP contribution in [0, 0.1) is 5.92 Å². The first-order valence-electron chi connectivity index (χ1n) is 11.4. The van der Waals surface area contributed by atoms with Gasteiger partial charge in [-0.05, 0) is 76.3 Å². The average Bonchev–Trinajstić information content (AvgIpc) is 3.37. The average molecular weight is 398 g/mol. The minimum Gasteiger partial charge on any atom is -0.460 e. The number of benzene rings is 1. The lowest BCUT2D eigenvalue weighted by molar-refractivity contribution is -0.121. The van der Waals surface area contributed by atoms with Gasteiger partial charge in [-0.25, -0.2) is 0 Å². The van der Waals surface area contributed by atoms with E-state index in [1.165, 1.54) is 37.6 Å². The molecule has 0 bridgehead atoms. The zero-order valence-electron chi connectivity index (χ0n) is 17.7. The highest BCUT2D eigenvalue weighted by atomic mass is 16.3. The van der Waals surface area contributed by atoms with Gasteiger partial charge in [-0.15, -0.1) is 0 Å². The first-order chi connectivity index (χ1) is 14.2. The standard InChI is InChI=1S/C24H35N3O2/c1-2-27-13-5-7-21(27)17-25-24(28)10-9-19-11-14-26(15-12-19)18-22-16-20-6-3-4-8-23(20)29-22/h3-4,6,8,16,19,21H,2,5,7,9-15,17-18H2,1H3,(H,25,28). The summed E-state index contributed by atoms with van der Waals surface area (Å²) in [5, 5.41) is 4.36. The van der Waals surface area contributed by atoms with E-state index < -0.39 is 0 Å². The fourth-order valence-corrected chi connectivity index (χ4v) is 4.97. The number of rotatable bonds is 8. The fourth-order valence-electron chi connectivity index (χ4n) is 4.97. The van der Waals surface area contributed by atoms with Crippen molar-refractivity contribution < 1.29 is 9.21 Å². The molecule has 29 heavy (non-hydrogen) atoms. The smallest absolute Gasteiger partial charge is 0.220 e. The number of hydrogen-bond acceptors (Lipinski definition) is 4. The second-order valence-corrected chi connectivity index (χ2v) is 8.74. The number of nitrogens with one attached hydrogen (secondary N) is 1. The van der Waals surface area contributed by atoms with Gasteiger partial charge in [-0.3, -0.25) is 14.6 Å². The molecule has 1 atom stereocenters. The molecule has 2 aliphatic rings. The molecule has 2 fully saturated rings. The molecule has 4 rings (SSSR count). The maximum Gasteiger partial charge on any atom is 0.220 e. The van der Waals surface area contributed by atoms with Crippen LogP contribution in [0.2, 0.25) is 0 Å². The Labute approximate surface area is 174 Å². The molecule has 5 heteroatoms. The van der Waals surface area contributed by atoms with E-state index in [2.05, 4.69) is 40.2 Å². The van der Waals surface area contributed by atoms with Crippen LogP contribution in [0.25, 0.3) is 11.0 Å². The third-order valence-corrected chi connectivity index (χ3v) is 6.78. The first-order valence-corrected chi connectivity index (χ1v) is 11.4. The molecule has 5 nitrogen and oxygen atoms in total. The predicted molar refractivity (Wildman–Crippen MR) is 117 cm³/mol. The Kier molecular flexibility index (Phi) is 6.88. The minimum absolute atomic E-state index is 0.234. The van der Waals surface area contributed by atoms with E-state index >= 15 is 0 Å². The van der Waals surface area contributed by atoms with Crippen LogP contribution in [-0.4, -0.2) is 54.5 Å². The van der Waals surface area contributed by atoms with Gasteiger partial charge in [0.1, 0.15) is 11.3 Å². The lowest BCUT2D eigenvalue weighted by Crippen LogP contribution is -2.40. The van der Waals surface area contributed by atoms with E-state index in [1.54, 1.807) is 0 Å². The monoisotopic (exact) mass is 397 g/mol. The summed E-state index contributed by atoms with van der Waals surface area (Å²) in [7, 11) is 0. The molecule has 1 aromatic carbocycles. The van der Waals surface area contributed by atoms with Gasteiger partial charge < -0.3 is 9.73 Å². The highest BCUT2D eigenvalue weighted by Crippen LogP contribution is 2.25. The van der Waals surface area contributed by atoms with E-state index in [0.29, 0.717) is 18.4 Å². The SMILES string of the molecule is CCN1CCCC1CNC(=O)CCC1CCN(Cc2cc3ccccc3o2)CC1. The number of carbonyl (C=O) groups is 1. The maximum absolute atomic E-state index is 12.3. The van der Waals surface area contributed by atoms with Gasteiger partial charge in [0.15, 0.2) is 0 Å². The largest absolute Gasteiger partial charge is 0.460 e. The lowest BCUT2D eigenvalue weighted by atomic mass is 9.92. The number of likely N-dealkylation sites (N-methyl/N-ethyl adjacent to an activating group) is 1. The zero-order chi connectivity index (χ0) is 20.1. The van der Waals surface area contributed by atoms with E-state index in [4.69, 9.17) is 4.42 Å². The third-order valence-electron chi connectivity index (χ3n) is 6.78. The van der Waals surface area contributed by atoms with Crippen molar-refractivity contribution >= 4 is 16.9 Å². The van der Waals surface area contributed by atoms with Crippen LogP contribution in [0.3, 0.4) is 0 Å². The van der Waals surface area contributed by atoms with Crippen LogP contribution in [0.4, 0.5) is 0 Å². The lowest BCUT2D eigenvalue weighted by Gasteiger charge is -2.31. The number of likely N-dealkylation sites (tertiary alicyclic amines) is 2. The van der Waals surface area contributed by atoms with Crippen LogP contribution in [0.15, 0.2) is 34.7 Å². The normalized spacial score (nSPS) is 21.8. The summed E-state index contributed by atoms with van der Waals surface area (Å²) >= 11 is 0. The van der Waals surface area contributed by atoms with E-state index in [9.17, 15) is 4.79 Å². The summed E-state index contributed by atoms with van der Waals surface area (Å²) in [5.41, 5.74) is 0.975. The van der Waals surface area contributed by atoms with Crippen LogP contribution >= 0.6 is 0 Å². The van der Waals surface area contributed by atoms with Crippen molar-refractivity contribution in [3.8, 4) is 0 Å². The second-order valence-electron chi connectivity index (χ2n) is 8.74. The van der Waals surface area contributed by atoms with Gasteiger partial charge in [0.05, 0.1) is 6.54 Å². The van der Waals surface area contributed by atoms with E-state index in [-0.39, 0.29) is 5.91 Å². The topological polar surface area (TPSA) is 48.7 Å². The highest BCUT2D eigenvalue weighted by Gasteiger charge is 2.24. The molecular weight excluding hydrogens is 362 g/mol. The van der Waals surface area contributed by atoms with Crippen LogP contribution in [0.1, 0.15) is 51.2 Å². The van der Waals surface area contributed by atoms with Gasteiger partial charge >= 0.3 is 0 Å². The van der Waals surface area contributed by atoms with Gasteiger partial charge in [0.25, 0.3) is 0 Å². The minimum atomic E-state index is 0.234. The third kappa shape index (κ3) is 5.40. The van der Waals surface area contributed by atoms with Crippen molar-refractivity contribution in [2.75, 3.05) is 32.7 Å². The molecule has 2 saturated heterocycles. The van der Waals surface area contributed by atoms with Crippen molar-refractivity contribution in [3.63, 3.8) is 0 Å². The van der Waals surface area contributed by atoms with Gasteiger partial charge in [-0.2, -0.15) is 0 Å². The van der Waals surface area contributed by atoms with Crippen molar-refractivity contribution in [1.29, 1.82) is 0 Å². The van der Waals surface area contributed by atoms with Gasteiger partial charge in [-0.1, -0.05) is 25.1 Å². The maximum atomic E-state index is 12.3. The molecule has 3 heterocycles. The molecule has 1 aromatic heterocycles. The fraction of sp³-hybridized carbons (Fsp3) is 0.625. The molecule has 0 radical (unpaired) electrons. The quantitative estimate of drug-likeness (QED) is 0.731. The molecule has 0 aliphatic carbocycles. The summed E-state index contributed by atoms with van der Waals surface area (Å²) in [6.07, 6.45) is 6.54. The summed E-state index contributed by atoms with van der Waals surface area (Å²) < 4.78 is 5.96. The first kappa shape index (κ1) is 20.4. The molecule has 0 saturated carbocycles. The number of carbonyl (C=O) groups excluding carboxylic acids is 1. The Morgan fingerprint density at radius 3 is 2.79 bits per heavy atom. The van der Waals surface area contributed by atoms with Crippen molar-refractivity contribution in [1.82, 2.24) is 15.1 Å². The number of para-hydroxylation sites is 1. The Balaban J connectivity index is 1.14. The summed E-state index contributed by atoms with van der Waals surface area (Å²) in [6.45, 7) is 8.38. The van der Waals surface area contributed by atoms with Gasteiger partial charge in [0, 0.05) is 24.4 Å². The number of piperidine rings is 1. The van der Waals surface area contributed by atoms with Crippen LogP contribution in [-0.2, 0) is 11.3 Å².